The van der Waals surface area contributed by atoms with Gasteiger partial charge in [0.1, 0.15) is 29.8 Å². The van der Waals surface area contributed by atoms with Gasteiger partial charge in [0.25, 0.3) is 5.91 Å². The van der Waals surface area contributed by atoms with Crippen molar-refractivity contribution >= 4 is 45.0 Å². The average molecular weight is 688 g/mol. The van der Waals surface area contributed by atoms with Crippen LogP contribution in [0.3, 0.4) is 0 Å². The molecule has 1 amide bonds. The SMILES string of the molecule is CN(c1nc(OC[C@@]23CCCN2C[C@H](F)C3)nc2c(F)c(-c3cccc4cccc(Cl)c34)ncc12)[C@@H]1CCN(C(=O)C#CC2(O)CNC2)C1. The molecule has 2 aromatic heterocycles. The lowest BCUT2D eigenvalue weighted by molar-refractivity contribution is -0.124. The second-order valence-corrected chi connectivity index (χ2v) is 14.1. The average Bonchev–Trinajstić information content (AvgIpc) is 3.80. The molecule has 0 spiro atoms. The molecule has 0 bridgehead atoms. The van der Waals surface area contributed by atoms with Crippen molar-refractivity contribution < 1.29 is 23.4 Å². The van der Waals surface area contributed by atoms with Gasteiger partial charge in [-0.05, 0) is 43.2 Å². The van der Waals surface area contributed by atoms with Crippen molar-refractivity contribution in [2.24, 2.45) is 0 Å². The van der Waals surface area contributed by atoms with Crippen LogP contribution in [-0.2, 0) is 4.79 Å². The van der Waals surface area contributed by atoms with Gasteiger partial charge < -0.3 is 25.0 Å². The van der Waals surface area contributed by atoms with E-state index in [1.54, 1.807) is 23.2 Å². The highest BCUT2D eigenvalue weighted by molar-refractivity contribution is 6.36. The lowest BCUT2D eigenvalue weighted by Crippen LogP contribution is -2.58. The Morgan fingerprint density at radius 1 is 1.20 bits per heavy atom. The summed E-state index contributed by atoms with van der Waals surface area (Å²) in [6, 6.07) is 10.9. The van der Waals surface area contributed by atoms with Crippen LogP contribution < -0.4 is 15.0 Å². The summed E-state index contributed by atoms with van der Waals surface area (Å²) < 4.78 is 37.6. The molecule has 49 heavy (non-hydrogen) atoms. The quantitative estimate of drug-likeness (QED) is 0.292. The highest BCUT2D eigenvalue weighted by Gasteiger charge is 2.49. The number of fused-ring (bicyclic) bond motifs is 3. The van der Waals surface area contributed by atoms with E-state index in [2.05, 4.69) is 32.0 Å². The summed E-state index contributed by atoms with van der Waals surface area (Å²) in [5, 5.41) is 15.6. The van der Waals surface area contributed by atoms with Crippen molar-refractivity contribution in [2.45, 2.75) is 49.0 Å². The Balaban J connectivity index is 1.16. The van der Waals surface area contributed by atoms with Crippen LogP contribution in [-0.4, -0.2) is 112 Å². The summed E-state index contributed by atoms with van der Waals surface area (Å²) in [5.74, 6) is 4.70. The van der Waals surface area contributed by atoms with Gasteiger partial charge in [0.05, 0.1) is 10.9 Å². The topological polar surface area (TPSA) is 107 Å². The predicted octanol–water partition coefficient (Wildman–Crippen LogP) is 3.97. The standard InChI is InChI=1S/C36H36ClF2N7O3/c1-44(24-10-14-45(18-24)28(47)9-12-36(48)19-40-20-36)33-26-16-41-31(25-7-2-5-22-6-3-8-27(37)29(22)25)30(39)32(26)42-34(43-33)49-21-35-11-4-13-46(35)17-23(38)15-35/h2-3,5-8,16,23-24,40,48H,4,10-11,13-15,17-21H2,1H3/t23-,24-,35+/m1/s1. The number of pyridine rings is 1. The molecule has 4 aliphatic heterocycles. The maximum Gasteiger partial charge on any atom is 0.319 e. The largest absolute Gasteiger partial charge is 0.461 e. The van der Waals surface area contributed by atoms with E-state index in [1.807, 2.05) is 36.2 Å². The molecule has 6 heterocycles. The number of anilines is 1. The first-order valence-corrected chi connectivity index (χ1v) is 17.0. The zero-order valence-corrected chi connectivity index (χ0v) is 27.8. The Morgan fingerprint density at radius 3 is 2.82 bits per heavy atom. The fourth-order valence-electron chi connectivity index (χ4n) is 7.80. The number of likely N-dealkylation sites (tertiary alicyclic amines) is 1. The van der Waals surface area contributed by atoms with Crippen LogP contribution in [0.25, 0.3) is 32.9 Å². The van der Waals surface area contributed by atoms with Crippen molar-refractivity contribution in [3.8, 4) is 29.1 Å². The van der Waals surface area contributed by atoms with Crippen molar-refractivity contribution in [3.63, 3.8) is 0 Å². The van der Waals surface area contributed by atoms with Crippen molar-refractivity contribution in [1.82, 2.24) is 30.1 Å². The molecule has 0 unspecified atom stereocenters. The van der Waals surface area contributed by atoms with E-state index >= 15 is 4.39 Å². The Hall–Kier alpha value is -4.15. The number of β-amino-alcohol motifs (C(OH)–C–C–N with tert-alkyl or cyclic N) is 1. The molecule has 4 fully saturated rings. The van der Waals surface area contributed by atoms with Crippen molar-refractivity contribution in [2.75, 3.05) is 57.8 Å². The molecule has 4 aromatic rings. The number of carbonyl (C=O) groups excluding carboxylic acids is 1. The van der Waals surface area contributed by atoms with E-state index in [0.717, 1.165) is 24.8 Å². The van der Waals surface area contributed by atoms with E-state index in [9.17, 15) is 14.3 Å². The molecule has 2 aromatic carbocycles. The molecule has 4 aliphatic rings. The second kappa shape index (κ2) is 12.3. The van der Waals surface area contributed by atoms with E-state index in [-0.39, 0.29) is 35.8 Å². The predicted molar refractivity (Wildman–Crippen MR) is 183 cm³/mol. The summed E-state index contributed by atoms with van der Waals surface area (Å²) in [5.41, 5.74) is -0.946. The third kappa shape index (κ3) is 5.72. The molecular formula is C36H36ClF2N7O3. The first-order chi connectivity index (χ1) is 23.6. The van der Waals surface area contributed by atoms with E-state index in [1.165, 1.54) is 0 Å². The maximum atomic E-state index is 16.8. The summed E-state index contributed by atoms with van der Waals surface area (Å²) >= 11 is 6.61. The van der Waals surface area contributed by atoms with Crippen LogP contribution in [0.4, 0.5) is 14.6 Å². The molecule has 8 rings (SSSR count). The molecule has 0 aliphatic carbocycles. The highest BCUT2D eigenvalue weighted by Crippen LogP contribution is 2.41. The molecule has 2 N–H and O–H groups in total. The maximum absolute atomic E-state index is 16.8. The van der Waals surface area contributed by atoms with Gasteiger partial charge in [0.2, 0.25) is 0 Å². The fraction of sp³-hybridized carbons (Fsp3) is 0.444. The number of aromatic nitrogens is 3. The lowest BCUT2D eigenvalue weighted by atomic mass is 9.95. The van der Waals surface area contributed by atoms with Crippen LogP contribution in [0, 0.1) is 17.7 Å². The van der Waals surface area contributed by atoms with Gasteiger partial charge in [-0.25, -0.2) is 8.78 Å². The summed E-state index contributed by atoms with van der Waals surface area (Å²) in [6.45, 7) is 2.87. The number of ether oxygens (including phenoxy) is 1. The van der Waals surface area contributed by atoms with Gasteiger partial charge in [-0.15, -0.1) is 0 Å². The number of rotatable bonds is 6. The summed E-state index contributed by atoms with van der Waals surface area (Å²) in [4.78, 5) is 32.6. The first kappa shape index (κ1) is 32.1. The number of nitrogens with one attached hydrogen (secondary N) is 1. The van der Waals surface area contributed by atoms with Crippen LogP contribution in [0.15, 0.2) is 42.6 Å². The zero-order chi connectivity index (χ0) is 33.9. The molecule has 0 radical (unpaired) electrons. The first-order valence-electron chi connectivity index (χ1n) is 16.7. The third-order valence-corrected chi connectivity index (χ3v) is 10.9. The minimum atomic E-state index is -1.17. The number of amides is 1. The summed E-state index contributed by atoms with van der Waals surface area (Å²) in [7, 11) is 1.84. The molecule has 4 saturated heterocycles. The monoisotopic (exact) mass is 687 g/mol. The molecule has 0 saturated carbocycles. The molecule has 254 valence electrons. The lowest BCUT2D eigenvalue weighted by Gasteiger charge is -2.32. The molecule has 13 heteroatoms. The zero-order valence-electron chi connectivity index (χ0n) is 27.1. The van der Waals surface area contributed by atoms with Crippen LogP contribution in [0.1, 0.15) is 25.7 Å². The number of hydrogen-bond acceptors (Lipinski definition) is 9. The van der Waals surface area contributed by atoms with Crippen molar-refractivity contribution in [3.05, 3.63) is 53.4 Å². The molecule has 10 nitrogen and oxygen atoms in total. The van der Waals surface area contributed by atoms with E-state index in [0.29, 0.717) is 72.7 Å². The minimum absolute atomic E-state index is 0.0102. The Morgan fingerprint density at radius 2 is 2.02 bits per heavy atom. The molecular weight excluding hydrogens is 652 g/mol. The number of nitrogens with zero attached hydrogens (tertiary/aromatic N) is 6. The smallest absolute Gasteiger partial charge is 0.319 e. The third-order valence-electron chi connectivity index (χ3n) is 10.6. The molecule has 3 atom stereocenters. The van der Waals surface area contributed by atoms with Gasteiger partial charge in [-0.2, -0.15) is 9.97 Å². The van der Waals surface area contributed by atoms with Gasteiger partial charge in [-0.1, -0.05) is 47.9 Å². The second-order valence-electron chi connectivity index (χ2n) is 13.7. The normalized spacial score (nSPS) is 24.5. The Kier molecular flexibility index (Phi) is 8.06. The van der Waals surface area contributed by atoms with Gasteiger partial charge in [0, 0.05) is 74.4 Å². The van der Waals surface area contributed by atoms with Gasteiger partial charge in [-0.3, -0.25) is 14.7 Å². The Labute approximate surface area is 287 Å². The minimum Gasteiger partial charge on any atom is -0.461 e. The van der Waals surface area contributed by atoms with Crippen LogP contribution in [0.5, 0.6) is 6.01 Å². The summed E-state index contributed by atoms with van der Waals surface area (Å²) in [6.07, 6.45) is 3.40. The van der Waals surface area contributed by atoms with E-state index in [4.69, 9.17) is 21.3 Å². The number of carbonyl (C=O) groups is 1. The number of aliphatic hydroxyl groups is 1. The highest BCUT2D eigenvalue weighted by atomic mass is 35.5. The van der Waals surface area contributed by atoms with Gasteiger partial charge in [0.15, 0.2) is 11.4 Å². The number of likely N-dealkylation sites (N-methyl/N-ethyl adjacent to an activating group) is 1. The number of benzene rings is 2. The number of halogens is 3. The number of hydrogen-bond donors (Lipinski definition) is 2. The number of alkyl halides is 1. The van der Waals surface area contributed by atoms with Crippen LogP contribution >= 0.6 is 11.6 Å². The van der Waals surface area contributed by atoms with E-state index < -0.39 is 23.1 Å². The van der Waals surface area contributed by atoms with Gasteiger partial charge >= 0.3 is 6.01 Å². The Bertz CT molecular complexity index is 2030. The fourth-order valence-corrected chi connectivity index (χ4v) is 8.08. The van der Waals surface area contributed by atoms with Crippen LogP contribution in [0.2, 0.25) is 5.02 Å². The van der Waals surface area contributed by atoms with Crippen molar-refractivity contribution in [1.29, 1.82) is 0 Å².